The largest absolute Gasteiger partial charge is 0.489 e. The van der Waals surface area contributed by atoms with Crippen LogP contribution in [0.25, 0.3) is 0 Å². The standard InChI is InChI=1S/C21H28N4O3S/c1-4-14-28-20-9-7-6-8-18(20)16-25-21(23-5-2)24-15-17-10-12-19(13-11-17)29(26,27)22-3/h4,6-13,22H,1,5,14-16H2,2-3H3,(H2,23,24,25). The van der Waals surface area contributed by atoms with Crippen molar-refractivity contribution in [3.8, 4) is 5.75 Å². The van der Waals surface area contributed by atoms with Crippen molar-refractivity contribution in [1.82, 2.24) is 15.4 Å². The molecular formula is C21H28N4O3S. The van der Waals surface area contributed by atoms with E-state index in [4.69, 9.17) is 4.74 Å². The van der Waals surface area contributed by atoms with Gasteiger partial charge in [0, 0.05) is 18.7 Å². The Hall–Kier alpha value is -2.84. The van der Waals surface area contributed by atoms with E-state index in [-0.39, 0.29) is 4.90 Å². The highest BCUT2D eigenvalue weighted by atomic mass is 32.2. The molecule has 0 saturated heterocycles. The highest BCUT2D eigenvalue weighted by Crippen LogP contribution is 2.17. The maximum atomic E-state index is 11.8. The maximum Gasteiger partial charge on any atom is 0.240 e. The zero-order valence-corrected chi connectivity index (χ0v) is 17.6. The summed E-state index contributed by atoms with van der Waals surface area (Å²) in [6.45, 7) is 7.82. The number of benzene rings is 2. The molecule has 8 heteroatoms. The van der Waals surface area contributed by atoms with Gasteiger partial charge in [0.15, 0.2) is 5.96 Å². The Balaban J connectivity index is 2.04. The lowest BCUT2D eigenvalue weighted by molar-refractivity contribution is 0.358. The fourth-order valence-corrected chi connectivity index (χ4v) is 3.25. The van der Waals surface area contributed by atoms with E-state index < -0.39 is 10.0 Å². The Morgan fingerprint density at radius 1 is 1.14 bits per heavy atom. The number of nitrogens with one attached hydrogen (secondary N) is 3. The molecule has 0 unspecified atom stereocenters. The van der Waals surface area contributed by atoms with E-state index in [0.717, 1.165) is 23.4 Å². The average molecular weight is 417 g/mol. The lowest BCUT2D eigenvalue weighted by Gasteiger charge is -2.14. The van der Waals surface area contributed by atoms with Gasteiger partial charge in [-0.1, -0.05) is 43.0 Å². The third kappa shape index (κ3) is 6.92. The first kappa shape index (κ1) is 22.4. The second-order valence-corrected chi connectivity index (χ2v) is 7.99. The summed E-state index contributed by atoms with van der Waals surface area (Å²) < 4.78 is 31.6. The van der Waals surface area contributed by atoms with Crippen LogP contribution < -0.4 is 20.1 Å². The molecule has 0 bridgehead atoms. The topological polar surface area (TPSA) is 91.8 Å². The lowest BCUT2D eigenvalue weighted by Crippen LogP contribution is -2.36. The van der Waals surface area contributed by atoms with Crippen molar-refractivity contribution in [2.45, 2.75) is 24.9 Å². The SMILES string of the molecule is C=CCOc1ccccc1CNC(=NCc1ccc(S(=O)(=O)NC)cc1)NCC. The summed E-state index contributed by atoms with van der Waals surface area (Å²) in [5.41, 5.74) is 1.92. The maximum absolute atomic E-state index is 11.8. The normalized spacial score (nSPS) is 11.7. The molecular weight excluding hydrogens is 388 g/mol. The molecule has 0 saturated carbocycles. The van der Waals surface area contributed by atoms with Crippen LogP contribution in [-0.2, 0) is 23.1 Å². The quantitative estimate of drug-likeness (QED) is 0.314. The summed E-state index contributed by atoms with van der Waals surface area (Å²) in [6.07, 6.45) is 1.71. The van der Waals surface area contributed by atoms with Crippen LogP contribution in [0.15, 0.2) is 71.1 Å². The number of nitrogens with zero attached hydrogens (tertiary/aromatic N) is 1. The number of guanidine groups is 1. The number of rotatable bonds is 10. The van der Waals surface area contributed by atoms with Gasteiger partial charge in [-0.2, -0.15) is 0 Å². The highest BCUT2D eigenvalue weighted by Gasteiger charge is 2.10. The molecule has 29 heavy (non-hydrogen) atoms. The number of sulfonamides is 1. The fraction of sp³-hybridized carbons (Fsp3) is 0.286. The van der Waals surface area contributed by atoms with Crippen molar-refractivity contribution >= 4 is 16.0 Å². The summed E-state index contributed by atoms with van der Waals surface area (Å²) in [5.74, 6) is 1.47. The molecule has 0 aliphatic rings. The molecule has 7 nitrogen and oxygen atoms in total. The van der Waals surface area contributed by atoms with Gasteiger partial charge in [-0.25, -0.2) is 18.1 Å². The average Bonchev–Trinajstić information content (AvgIpc) is 2.75. The van der Waals surface area contributed by atoms with Gasteiger partial charge in [-0.15, -0.1) is 0 Å². The van der Waals surface area contributed by atoms with Crippen LogP contribution in [0.4, 0.5) is 0 Å². The van der Waals surface area contributed by atoms with E-state index in [2.05, 4.69) is 26.9 Å². The zero-order valence-electron chi connectivity index (χ0n) is 16.8. The molecule has 0 radical (unpaired) electrons. The van der Waals surface area contributed by atoms with Crippen LogP contribution in [0.3, 0.4) is 0 Å². The first-order valence-electron chi connectivity index (χ1n) is 9.36. The van der Waals surface area contributed by atoms with Crippen LogP contribution in [0.1, 0.15) is 18.1 Å². The summed E-state index contributed by atoms with van der Waals surface area (Å²) in [5, 5.41) is 6.50. The third-order valence-corrected chi connectivity index (χ3v) is 5.47. The molecule has 2 aromatic rings. The van der Waals surface area contributed by atoms with E-state index in [1.165, 1.54) is 7.05 Å². The molecule has 0 atom stereocenters. The monoisotopic (exact) mass is 416 g/mol. The van der Waals surface area contributed by atoms with Gasteiger partial charge in [-0.05, 0) is 37.7 Å². The molecule has 0 heterocycles. The molecule has 2 aromatic carbocycles. The van der Waals surface area contributed by atoms with Crippen LogP contribution >= 0.6 is 0 Å². The minimum absolute atomic E-state index is 0.230. The predicted molar refractivity (Wildman–Crippen MR) is 116 cm³/mol. The van der Waals surface area contributed by atoms with Crippen molar-refractivity contribution in [2.24, 2.45) is 4.99 Å². The van der Waals surface area contributed by atoms with E-state index in [0.29, 0.717) is 25.7 Å². The Morgan fingerprint density at radius 2 is 1.86 bits per heavy atom. The predicted octanol–water partition coefficient (Wildman–Crippen LogP) is 2.41. The summed E-state index contributed by atoms with van der Waals surface area (Å²) in [4.78, 5) is 4.81. The Bertz CT molecular complexity index is 925. The minimum Gasteiger partial charge on any atom is -0.489 e. The van der Waals surface area contributed by atoms with Crippen molar-refractivity contribution < 1.29 is 13.2 Å². The smallest absolute Gasteiger partial charge is 0.240 e. The first-order chi connectivity index (χ1) is 14.0. The van der Waals surface area contributed by atoms with Gasteiger partial charge in [0.1, 0.15) is 12.4 Å². The second kappa shape index (κ2) is 11.2. The summed E-state index contributed by atoms with van der Waals surface area (Å²) in [7, 11) is -2.04. The second-order valence-electron chi connectivity index (χ2n) is 6.11. The number of para-hydroxylation sites is 1. The van der Waals surface area contributed by atoms with Crippen LogP contribution in [0.2, 0.25) is 0 Å². The molecule has 0 fully saturated rings. The highest BCUT2D eigenvalue weighted by molar-refractivity contribution is 7.89. The zero-order chi connectivity index (χ0) is 21.1. The Morgan fingerprint density at radius 3 is 2.52 bits per heavy atom. The molecule has 156 valence electrons. The molecule has 0 spiro atoms. The first-order valence-corrected chi connectivity index (χ1v) is 10.8. The van der Waals surface area contributed by atoms with Crippen LogP contribution in [-0.4, -0.2) is 34.6 Å². The third-order valence-electron chi connectivity index (χ3n) is 4.04. The van der Waals surface area contributed by atoms with Crippen molar-refractivity contribution in [2.75, 3.05) is 20.2 Å². The number of hydrogen-bond donors (Lipinski definition) is 3. The van der Waals surface area contributed by atoms with E-state index >= 15 is 0 Å². The van der Waals surface area contributed by atoms with Gasteiger partial charge in [0.05, 0.1) is 11.4 Å². The van der Waals surface area contributed by atoms with Crippen molar-refractivity contribution in [1.29, 1.82) is 0 Å². The summed E-state index contributed by atoms with van der Waals surface area (Å²) >= 11 is 0. The molecule has 3 N–H and O–H groups in total. The number of ether oxygens (including phenoxy) is 1. The molecule has 2 rings (SSSR count). The Kier molecular flexibility index (Phi) is 8.69. The van der Waals surface area contributed by atoms with Gasteiger partial charge in [0.25, 0.3) is 0 Å². The molecule has 0 amide bonds. The van der Waals surface area contributed by atoms with E-state index in [9.17, 15) is 8.42 Å². The van der Waals surface area contributed by atoms with Gasteiger partial charge < -0.3 is 15.4 Å². The molecule has 0 aliphatic carbocycles. The number of hydrogen-bond acceptors (Lipinski definition) is 4. The summed E-state index contributed by atoms with van der Waals surface area (Å²) in [6, 6.07) is 14.5. The molecule has 0 aromatic heterocycles. The lowest BCUT2D eigenvalue weighted by atomic mass is 10.2. The van der Waals surface area contributed by atoms with Gasteiger partial charge >= 0.3 is 0 Å². The van der Waals surface area contributed by atoms with Crippen LogP contribution in [0, 0.1) is 0 Å². The van der Waals surface area contributed by atoms with E-state index in [1.807, 2.05) is 31.2 Å². The molecule has 0 aliphatic heterocycles. The number of aliphatic imine (C=N–C) groups is 1. The van der Waals surface area contributed by atoms with Gasteiger partial charge in [0.2, 0.25) is 10.0 Å². The van der Waals surface area contributed by atoms with Crippen molar-refractivity contribution in [3.05, 3.63) is 72.3 Å². The van der Waals surface area contributed by atoms with Crippen molar-refractivity contribution in [3.63, 3.8) is 0 Å². The van der Waals surface area contributed by atoms with E-state index in [1.54, 1.807) is 30.3 Å². The minimum atomic E-state index is -3.43. The van der Waals surface area contributed by atoms with Crippen LogP contribution in [0.5, 0.6) is 5.75 Å². The Labute approximate surface area is 173 Å². The van der Waals surface area contributed by atoms with Gasteiger partial charge in [-0.3, -0.25) is 0 Å². The fourth-order valence-electron chi connectivity index (χ4n) is 2.52.